The molecular weight excluding hydrogens is 240 g/mol. The Labute approximate surface area is 114 Å². The molecule has 1 atom stereocenters. The van der Waals surface area contributed by atoms with Crippen LogP contribution in [0.2, 0.25) is 0 Å². The number of nitrogens with one attached hydrogen (secondary N) is 1. The Morgan fingerprint density at radius 3 is 2.95 bits per heavy atom. The fourth-order valence-electron chi connectivity index (χ4n) is 2.25. The summed E-state index contributed by atoms with van der Waals surface area (Å²) in [4.78, 5) is 18.2. The van der Waals surface area contributed by atoms with Crippen molar-refractivity contribution >= 4 is 11.7 Å². The molecule has 0 aliphatic carbocycles. The Balaban J connectivity index is 1.90. The van der Waals surface area contributed by atoms with E-state index in [1.54, 1.807) is 6.20 Å². The fourth-order valence-corrected chi connectivity index (χ4v) is 2.25. The number of rotatable bonds is 5. The minimum atomic E-state index is -0.0994. The molecule has 19 heavy (non-hydrogen) atoms. The van der Waals surface area contributed by atoms with Gasteiger partial charge in [0.25, 0.3) is 0 Å². The summed E-state index contributed by atoms with van der Waals surface area (Å²) >= 11 is 0. The lowest BCUT2D eigenvalue weighted by Gasteiger charge is -2.17. The van der Waals surface area contributed by atoms with Crippen LogP contribution in [0, 0.1) is 0 Å². The second-order valence-electron chi connectivity index (χ2n) is 5.17. The molecule has 2 rings (SSSR count). The van der Waals surface area contributed by atoms with Gasteiger partial charge in [0, 0.05) is 38.3 Å². The molecule has 1 unspecified atom stereocenters. The van der Waals surface area contributed by atoms with Gasteiger partial charge in [-0.1, -0.05) is 0 Å². The summed E-state index contributed by atoms with van der Waals surface area (Å²) in [5, 5.41) is 2.88. The average molecular weight is 262 g/mol. The minimum Gasteiger partial charge on any atom is -0.357 e. The number of anilines is 1. The molecule has 0 radical (unpaired) electrons. The number of nitrogens with two attached hydrogens (primary N) is 1. The molecule has 5 heteroatoms. The Morgan fingerprint density at radius 2 is 2.26 bits per heavy atom. The van der Waals surface area contributed by atoms with Crippen LogP contribution < -0.4 is 16.0 Å². The summed E-state index contributed by atoms with van der Waals surface area (Å²) in [6, 6.07) is 3.89. The van der Waals surface area contributed by atoms with Crippen molar-refractivity contribution in [3.63, 3.8) is 0 Å². The van der Waals surface area contributed by atoms with Crippen molar-refractivity contribution in [3.05, 3.63) is 23.9 Å². The molecule has 0 aromatic carbocycles. The lowest BCUT2D eigenvalue weighted by Crippen LogP contribution is -2.29. The number of aromatic nitrogens is 1. The third-order valence-electron chi connectivity index (χ3n) is 3.24. The van der Waals surface area contributed by atoms with Gasteiger partial charge in [-0.15, -0.1) is 0 Å². The molecule has 1 aliphatic rings. The second-order valence-corrected chi connectivity index (χ2v) is 5.17. The zero-order valence-corrected chi connectivity index (χ0v) is 11.4. The van der Waals surface area contributed by atoms with E-state index in [1.165, 1.54) is 12.8 Å². The first-order valence-electron chi connectivity index (χ1n) is 6.87. The molecule has 1 amide bonds. The first-order valence-corrected chi connectivity index (χ1v) is 6.87. The van der Waals surface area contributed by atoms with Gasteiger partial charge in [0.15, 0.2) is 0 Å². The van der Waals surface area contributed by atoms with Gasteiger partial charge in [-0.2, -0.15) is 0 Å². The summed E-state index contributed by atoms with van der Waals surface area (Å²) in [5.41, 5.74) is 6.67. The molecular formula is C14H22N4O. The molecule has 0 saturated carbocycles. The van der Waals surface area contributed by atoms with E-state index in [9.17, 15) is 4.79 Å². The molecule has 104 valence electrons. The Hall–Kier alpha value is -1.62. The standard InChI is InChI=1S/C14H22N4O/c1-11(15)8-14(19)17-10-12-4-5-16-13(9-12)18-6-2-3-7-18/h4-5,9,11H,2-3,6-8,10,15H2,1H3,(H,17,19). The van der Waals surface area contributed by atoms with E-state index >= 15 is 0 Å². The molecule has 5 nitrogen and oxygen atoms in total. The monoisotopic (exact) mass is 262 g/mol. The largest absolute Gasteiger partial charge is 0.357 e. The summed E-state index contributed by atoms with van der Waals surface area (Å²) in [6.07, 6.45) is 4.64. The van der Waals surface area contributed by atoms with Gasteiger partial charge in [-0.25, -0.2) is 4.98 Å². The Kier molecular flexibility index (Phi) is 4.74. The maximum atomic E-state index is 11.6. The molecule has 0 bridgehead atoms. The number of carbonyl (C=O) groups excluding carboxylic acids is 1. The van der Waals surface area contributed by atoms with Crippen LogP contribution >= 0.6 is 0 Å². The number of hydrogen-bond donors (Lipinski definition) is 2. The fraction of sp³-hybridized carbons (Fsp3) is 0.571. The highest BCUT2D eigenvalue weighted by atomic mass is 16.1. The summed E-state index contributed by atoms with van der Waals surface area (Å²) in [6.45, 7) is 4.52. The van der Waals surface area contributed by atoms with Crippen molar-refractivity contribution in [2.45, 2.75) is 38.8 Å². The van der Waals surface area contributed by atoms with E-state index in [4.69, 9.17) is 5.73 Å². The molecule has 1 aromatic rings. The molecule has 3 N–H and O–H groups in total. The highest BCUT2D eigenvalue weighted by molar-refractivity contribution is 5.76. The molecule has 0 spiro atoms. The van der Waals surface area contributed by atoms with Crippen molar-refractivity contribution in [2.24, 2.45) is 5.73 Å². The summed E-state index contributed by atoms with van der Waals surface area (Å²) in [7, 11) is 0. The first kappa shape index (κ1) is 13.8. The Morgan fingerprint density at radius 1 is 1.53 bits per heavy atom. The van der Waals surface area contributed by atoms with E-state index < -0.39 is 0 Å². The van der Waals surface area contributed by atoms with Crippen molar-refractivity contribution < 1.29 is 4.79 Å². The van der Waals surface area contributed by atoms with Crippen LogP contribution in [0.4, 0.5) is 5.82 Å². The maximum absolute atomic E-state index is 11.6. The zero-order chi connectivity index (χ0) is 13.7. The highest BCUT2D eigenvalue weighted by Crippen LogP contribution is 2.18. The van der Waals surface area contributed by atoms with Gasteiger partial charge in [-0.3, -0.25) is 4.79 Å². The van der Waals surface area contributed by atoms with Crippen molar-refractivity contribution in [1.29, 1.82) is 0 Å². The lowest BCUT2D eigenvalue weighted by molar-refractivity contribution is -0.121. The van der Waals surface area contributed by atoms with Crippen molar-refractivity contribution in [1.82, 2.24) is 10.3 Å². The molecule has 1 fully saturated rings. The first-order chi connectivity index (χ1) is 9.15. The van der Waals surface area contributed by atoms with Crippen molar-refractivity contribution in [2.75, 3.05) is 18.0 Å². The van der Waals surface area contributed by atoms with Crippen LogP contribution in [0.3, 0.4) is 0 Å². The molecule has 2 heterocycles. The quantitative estimate of drug-likeness (QED) is 0.831. The predicted octanol–water partition coefficient (Wildman–Crippen LogP) is 1.04. The number of carbonyl (C=O) groups is 1. The lowest BCUT2D eigenvalue weighted by atomic mass is 10.2. The van der Waals surface area contributed by atoms with E-state index in [2.05, 4.69) is 21.3 Å². The number of hydrogen-bond acceptors (Lipinski definition) is 4. The SMILES string of the molecule is CC(N)CC(=O)NCc1ccnc(N2CCCC2)c1. The third-order valence-corrected chi connectivity index (χ3v) is 3.24. The second kappa shape index (κ2) is 6.52. The summed E-state index contributed by atoms with van der Waals surface area (Å²) in [5.74, 6) is 1.01. The van der Waals surface area contributed by atoms with E-state index in [-0.39, 0.29) is 11.9 Å². The molecule has 1 saturated heterocycles. The molecule has 1 aromatic heterocycles. The van der Waals surface area contributed by atoms with Crippen LogP contribution in [-0.4, -0.2) is 30.0 Å². The summed E-state index contributed by atoms with van der Waals surface area (Å²) < 4.78 is 0. The van der Waals surface area contributed by atoms with Gasteiger partial charge in [0.05, 0.1) is 0 Å². The van der Waals surface area contributed by atoms with Gasteiger partial charge >= 0.3 is 0 Å². The van der Waals surface area contributed by atoms with Crippen LogP contribution in [0.25, 0.3) is 0 Å². The van der Waals surface area contributed by atoms with Gasteiger partial charge in [-0.05, 0) is 37.5 Å². The predicted molar refractivity (Wildman–Crippen MR) is 75.8 cm³/mol. The third kappa shape index (κ3) is 4.21. The number of amides is 1. The van der Waals surface area contributed by atoms with E-state index in [0.717, 1.165) is 24.5 Å². The number of pyridine rings is 1. The average Bonchev–Trinajstić information content (AvgIpc) is 2.90. The topological polar surface area (TPSA) is 71.2 Å². The van der Waals surface area contributed by atoms with E-state index in [0.29, 0.717) is 13.0 Å². The van der Waals surface area contributed by atoms with Crippen LogP contribution in [0.1, 0.15) is 31.7 Å². The highest BCUT2D eigenvalue weighted by Gasteiger charge is 2.13. The van der Waals surface area contributed by atoms with Crippen molar-refractivity contribution in [3.8, 4) is 0 Å². The Bertz CT molecular complexity index is 427. The smallest absolute Gasteiger partial charge is 0.221 e. The van der Waals surface area contributed by atoms with Crippen LogP contribution in [0.15, 0.2) is 18.3 Å². The maximum Gasteiger partial charge on any atom is 0.221 e. The van der Waals surface area contributed by atoms with Crippen LogP contribution in [0.5, 0.6) is 0 Å². The molecule has 1 aliphatic heterocycles. The zero-order valence-electron chi connectivity index (χ0n) is 11.4. The number of nitrogens with zero attached hydrogens (tertiary/aromatic N) is 2. The van der Waals surface area contributed by atoms with E-state index in [1.807, 2.05) is 13.0 Å². The normalized spacial score (nSPS) is 16.4. The van der Waals surface area contributed by atoms with Gasteiger partial charge in [0.1, 0.15) is 5.82 Å². The van der Waals surface area contributed by atoms with Crippen LogP contribution in [-0.2, 0) is 11.3 Å². The van der Waals surface area contributed by atoms with Gasteiger partial charge < -0.3 is 16.0 Å². The van der Waals surface area contributed by atoms with Gasteiger partial charge in [0.2, 0.25) is 5.91 Å². The minimum absolute atomic E-state index is 0.00506.